The number of fused-ring (bicyclic) bond motifs is 1. The van der Waals surface area contributed by atoms with Crippen molar-refractivity contribution in [1.82, 2.24) is 19.7 Å². The second kappa shape index (κ2) is 7.36. The first-order chi connectivity index (χ1) is 12.4. The molecule has 0 unspecified atom stereocenters. The summed E-state index contributed by atoms with van der Waals surface area (Å²) in [6.45, 7) is 0.0518. The van der Waals surface area contributed by atoms with E-state index in [9.17, 15) is 13.2 Å². The van der Waals surface area contributed by atoms with Crippen molar-refractivity contribution in [2.75, 3.05) is 7.11 Å². The third kappa shape index (κ3) is 4.16. The number of aromatic nitrogens is 4. The summed E-state index contributed by atoms with van der Waals surface area (Å²) in [5.41, 5.74) is 0.497. The molecular weight excluding hydrogens is 373 g/mol. The van der Waals surface area contributed by atoms with Crippen molar-refractivity contribution in [2.24, 2.45) is 0 Å². The van der Waals surface area contributed by atoms with Crippen LogP contribution in [0.2, 0.25) is 5.15 Å². The molecule has 1 aromatic carbocycles. The van der Waals surface area contributed by atoms with Gasteiger partial charge in [0.15, 0.2) is 10.9 Å². The summed E-state index contributed by atoms with van der Waals surface area (Å²) in [6, 6.07) is 6.59. The van der Waals surface area contributed by atoms with Gasteiger partial charge in [0.1, 0.15) is 11.8 Å². The van der Waals surface area contributed by atoms with Crippen LogP contribution in [0, 0.1) is 0 Å². The maximum atomic E-state index is 12.4. The molecule has 0 saturated carbocycles. The third-order valence-electron chi connectivity index (χ3n) is 3.56. The van der Waals surface area contributed by atoms with Crippen LogP contribution in [0.4, 0.5) is 13.2 Å². The van der Waals surface area contributed by atoms with Crippen LogP contribution in [0.25, 0.3) is 10.9 Å². The number of hydrogen-bond acceptors (Lipinski definition) is 5. The number of rotatable bonds is 6. The maximum absolute atomic E-state index is 12.4. The first-order valence-corrected chi connectivity index (χ1v) is 8.01. The molecule has 0 saturated heterocycles. The number of alkyl halides is 3. The molecule has 3 rings (SSSR count). The van der Waals surface area contributed by atoms with Crippen molar-refractivity contribution in [3.63, 3.8) is 0 Å². The lowest BCUT2D eigenvalue weighted by Crippen LogP contribution is -2.10. The molecule has 0 bridgehead atoms. The van der Waals surface area contributed by atoms with Crippen LogP contribution in [-0.2, 0) is 6.54 Å². The molecule has 0 radical (unpaired) electrons. The van der Waals surface area contributed by atoms with E-state index in [2.05, 4.69) is 15.1 Å². The molecule has 3 aromatic rings. The van der Waals surface area contributed by atoms with Crippen molar-refractivity contribution in [3.05, 3.63) is 35.7 Å². The summed E-state index contributed by atoms with van der Waals surface area (Å²) >= 11 is 6.11. The van der Waals surface area contributed by atoms with Crippen molar-refractivity contribution in [3.8, 4) is 17.5 Å². The standard InChI is InChI=1S/C16H14ClF3N4O2/c1-25-12-8-13(22-9-21-12)26-11-5-2-4-10-14(11)24(23-15(10)17)7-3-6-16(18,19)20/h2,4-5,8-9H,3,6-7H2,1H3. The summed E-state index contributed by atoms with van der Waals surface area (Å²) in [6.07, 6.45) is -3.96. The minimum absolute atomic E-state index is 0.0518. The number of nitrogens with zero attached hydrogens (tertiary/aromatic N) is 4. The van der Waals surface area contributed by atoms with Gasteiger partial charge in [0.2, 0.25) is 11.8 Å². The Morgan fingerprint density at radius 3 is 2.69 bits per heavy atom. The number of aryl methyl sites for hydroxylation is 1. The van der Waals surface area contributed by atoms with Gasteiger partial charge in [-0.2, -0.15) is 18.3 Å². The van der Waals surface area contributed by atoms with E-state index in [0.29, 0.717) is 22.5 Å². The van der Waals surface area contributed by atoms with E-state index < -0.39 is 12.6 Å². The van der Waals surface area contributed by atoms with Crippen LogP contribution in [0.5, 0.6) is 17.5 Å². The Hall–Kier alpha value is -2.55. The van der Waals surface area contributed by atoms with Gasteiger partial charge in [-0.05, 0) is 18.6 Å². The van der Waals surface area contributed by atoms with E-state index in [1.807, 2.05) is 0 Å². The summed E-state index contributed by atoms with van der Waals surface area (Å²) in [4.78, 5) is 7.88. The fourth-order valence-electron chi connectivity index (χ4n) is 2.44. The second-order valence-electron chi connectivity index (χ2n) is 5.39. The van der Waals surface area contributed by atoms with Gasteiger partial charge in [-0.25, -0.2) is 9.97 Å². The molecule has 138 valence electrons. The Labute approximate surface area is 151 Å². The van der Waals surface area contributed by atoms with Crippen LogP contribution in [-0.4, -0.2) is 33.0 Å². The van der Waals surface area contributed by atoms with Gasteiger partial charge in [0.25, 0.3) is 0 Å². The first kappa shape index (κ1) is 18.2. The number of ether oxygens (including phenoxy) is 2. The fourth-order valence-corrected chi connectivity index (χ4v) is 2.69. The zero-order valence-corrected chi connectivity index (χ0v) is 14.4. The van der Waals surface area contributed by atoms with E-state index in [0.717, 1.165) is 0 Å². The monoisotopic (exact) mass is 386 g/mol. The molecule has 0 aliphatic heterocycles. The Morgan fingerprint density at radius 1 is 1.19 bits per heavy atom. The quantitative estimate of drug-likeness (QED) is 0.618. The van der Waals surface area contributed by atoms with Crippen molar-refractivity contribution >= 4 is 22.5 Å². The smallest absolute Gasteiger partial charge is 0.389 e. The Balaban J connectivity index is 1.92. The second-order valence-corrected chi connectivity index (χ2v) is 5.74. The van der Waals surface area contributed by atoms with E-state index >= 15 is 0 Å². The average Bonchev–Trinajstić information content (AvgIpc) is 2.91. The lowest BCUT2D eigenvalue weighted by atomic mass is 10.2. The minimum Gasteiger partial charge on any atom is -0.481 e. The van der Waals surface area contributed by atoms with Crippen LogP contribution in [0.1, 0.15) is 12.8 Å². The number of benzene rings is 1. The van der Waals surface area contributed by atoms with E-state index in [-0.39, 0.29) is 24.0 Å². The van der Waals surface area contributed by atoms with Crippen molar-refractivity contribution in [2.45, 2.75) is 25.6 Å². The fraction of sp³-hybridized carbons (Fsp3) is 0.312. The zero-order chi connectivity index (χ0) is 18.7. The summed E-state index contributed by atoms with van der Waals surface area (Å²) < 4.78 is 49.4. The highest BCUT2D eigenvalue weighted by Gasteiger charge is 2.26. The highest BCUT2D eigenvalue weighted by Crippen LogP contribution is 2.34. The average molecular weight is 387 g/mol. The lowest BCUT2D eigenvalue weighted by Gasteiger charge is -2.10. The molecule has 0 amide bonds. The minimum atomic E-state index is -4.22. The van der Waals surface area contributed by atoms with Gasteiger partial charge in [-0.3, -0.25) is 4.68 Å². The SMILES string of the molecule is COc1cc(Oc2cccc3c(Cl)nn(CCCC(F)(F)F)c23)ncn1. The van der Waals surface area contributed by atoms with E-state index in [4.69, 9.17) is 21.1 Å². The molecular formula is C16H14ClF3N4O2. The van der Waals surface area contributed by atoms with Gasteiger partial charge >= 0.3 is 6.18 Å². The van der Waals surface area contributed by atoms with Crippen molar-refractivity contribution in [1.29, 1.82) is 0 Å². The van der Waals surface area contributed by atoms with E-state index in [1.54, 1.807) is 18.2 Å². The molecule has 26 heavy (non-hydrogen) atoms. The molecule has 2 heterocycles. The predicted octanol–water partition coefficient (Wildman–Crippen LogP) is 4.62. The molecule has 0 aliphatic rings. The maximum Gasteiger partial charge on any atom is 0.389 e. The molecule has 6 nitrogen and oxygen atoms in total. The summed E-state index contributed by atoms with van der Waals surface area (Å²) in [5.74, 6) is 0.914. The molecule has 0 spiro atoms. The van der Waals surface area contributed by atoms with Gasteiger partial charge in [0.05, 0.1) is 13.2 Å². The summed E-state index contributed by atoms with van der Waals surface area (Å²) in [5, 5.41) is 4.90. The molecule has 10 heteroatoms. The normalized spacial score (nSPS) is 11.7. The lowest BCUT2D eigenvalue weighted by molar-refractivity contribution is -0.135. The van der Waals surface area contributed by atoms with Gasteiger partial charge < -0.3 is 9.47 Å². The van der Waals surface area contributed by atoms with Gasteiger partial charge in [-0.15, -0.1) is 0 Å². The van der Waals surface area contributed by atoms with E-state index in [1.165, 1.54) is 24.2 Å². The summed E-state index contributed by atoms with van der Waals surface area (Å²) in [7, 11) is 1.46. The van der Waals surface area contributed by atoms with Gasteiger partial charge in [0, 0.05) is 18.4 Å². The number of para-hydroxylation sites is 1. The Kier molecular flexibility index (Phi) is 5.17. The van der Waals surface area contributed by atoms with Crippen LogP contribution >= 0.6 is 11.6 Å². The number of hydrogen-bond donors (Lipinski definition) is 0. The van der Waals surface area contributed by atoms with Crippen LogP contribution < -0.4 is 9.47 Å². The highest BCUT2D eigenvalue weighted by atomic mass is 35.5. The van der Waals surface area contributed by atoms with Crippen LogP contribution in [0.15, 0.2) is 30.6 Å². The number of methoxy groups -OCH3 is 1. The van der Waals surface area contributed by atoms with Gasteiger partial charge in [-0.1, -0.05) is 17.7 Å². The Morgan fingerprint density at radius 2 is 1.96 bits per heavy atom. The number of halogens is 4. The molecule has 0 atom stereocenters. The largest absolute Gasteiger partial charge is 0.481 e. The molecule has 2 aromatic heterocycles. The molecule has 0 N–H and O–H groups in total. The molecule has 0 fully saturated rings. The van der Waals surface area contributed by atoms with Crippen LogP contribution in [0.3, 0.4) is 0 Å². The van der Waals surface area contributed by atoms with Crippen molar-refractivity contribution < 1.29 is 22.6 Å². The topological polar surface area (TPSA) is 62.1 Å². The molecule has 0 aliphatic carbocycles. The highest BCUT2D eigenvalue weighted by molar-refractivity contribution is 6.34. The third-order valence-corrected chi connectivity index (χ3v) is 3.84. The Bertz CT molecular complexity index is 914. The first-order valence-electron chi connectivity index (χ1n) is 7.63. The predicted molar refractivity (Wildman–Crippen MR) is 88.7 cm³/mol. The zero-order valence-electron chi connectivity index (χ0n) is 13.6.